The lowest BCUT2D eigenvalue weighted by atomic mass is 10.00. The van der Waals surface area contributed by atoms with Crippen LogP contribution in [0.1, 0.15) is 42.7 Å². The number of nitrogens with zero attached hydrogens (tertiary/aromatic N) is 2. The molecule has 0 N–H and O–H groups in total. The van der Waals surface area contributed by atoms with Gasteiger partial charge in [-0.05, 0) is 44.8 Å². The molecule has 3 rings (SSSR count). The van der Waals surface area contributed by atoms with Crippen molar-refractivity contribution < 1.29 is 9.21 Å². The molecule has 1 aromatic heterocycles. The van der Waals surface area contributed by atoms with Crippen LogP contribution in [0.15, 0.2) is 16.5 Å². The van der Waals surface area contributed by atoms with E-state index in [9.17, 15) is 4.79 Å². The molecule has 0 atom stereocenters. The van der Waals surface area contributed by atoms with Gasteiger partial charge in [-0.1, -0.05) is 6.42 Å². The molecule has 0 spiro atoms. The highest BCUT2D eigenvalue weighted by atomic mass is 16.4. The smallest absolute Gasteiger partial charge is 0.196 e. The van der Waals surface area contributed by atoms with Crippen molar-refractivity contribution in [3.63, 3.8) is 0 Å². The summed E-state index contributed by atoms with van der Waals surface area (Å²) in [5.74, 6) is 1.27. The van der Waals surface area contributed by atoms with Gasteiger partial charge in [0.05, 0.1) is 0 Å². The van der Waals surface area contributed by atoms with Crippen molar-refractivity contribution in [3.8, 4) is 0 Å². The minimum absolute atomic E-state index is 0.424. The molecule has 2 aliphatic heterocycles. The zero-order chi connectivity index (χ0) is 13.1. The fraction of sp³-hybridized carbons (Fsp3) is 0.667. The summed E-state index contributed by atoms with van der Waals surface area (Å²) in [6, 6.07) is 4.40. The van der Waals surface area contributed by atoms with E-state index in [4.69, 9.17) is 4.42 Å². The predicted molar refractivity (Wildman–Crippen MR) is 74.8 cm³/mol. The molecule has 4 nitrogen and oxygen atoms in total. The van der Waals surface area contributed by atoms with E-state index in [1.165, 1.54) is 45.2 Å². The molecule has 19 heavy (non-hydrogen) atoms. The van der Waals surface area contributed by atoms with Crippen molar-refractivity contribution in [2.75, 3.05) is 31.1 Å². The van der Waals surface area contributed by atoms with Gasteiger partial charge < -0.3 is 14.2 Å². The van der Waals surface area contributed by atoms with Gasteiger partial charge in [-0.3, -0.25) is 4.79 Å². The van der Waals surface area contributed by atoms with Gasteiger partial charge >= 0.3 is 0 Å². The molecular weight excluding hydrogens is 240 g/mol. The van der Waals surface area contributed by atoms with E-state index >= 15 is 0 Å². The Kier molecular flexibility index (Phi) is 3.87. The van der Waals surface area contributed by atoms with Crippen LogP contribution in [0, 0.1) is 0 Å². The first-order valence-corrected chi connectivity index (χ1v) is 7.41. The molecule has 104 valence electrons. The summed E-state index contributed by atoms with van der Waals surface area (Å²) in [5, 5.41) is 0. The van der Waals surface area contributed by atoms with Gasteiger partial charge in [0.2, 0.25) is 0 Å². The molecule has 2 saturated heterocycles. The van der Waals surface area contributed by atoms with Crippen LogP contribution >= 0.6 is 0 Å². The molecular formula is C15H22N2O2. The first-order valence-electron chi connectivity index (χ1n) is 7.41. The summed E-state index contributed by atoms with van der Waals surface area (Å²) >= 11 is 0. The minimum atomic E-state index is 0.424. The maximum Gasteiger partial charge on any atom is 0.196 e. The van der Waals surface area contributed by atoms with Gasteiger partial charge in [-0.15, -0.1) is 0 Å². The largest absolute Gasteiger partial charge is 0.438 e. The van der Waals surface area contributed by atoms with Crippen LogP contribution in [0.5, 0.6) is 0 Å². The first kappa shape index (κ1) is 12.7. The molecule has 0 amide bonds. The molecule has 0 saturated carbocycles. The number of carbonyl (C=O) groups excluding carboxylic acids is 1. The fourth-order valence-electron chi connectivity index (χ4n) is 3.31. The van der Waals surface area contributed by atoms with E-state index in [2.05, 4.69) is 9.80 Å². The number of aldehydes is 1. The van der Waals surface area contributed by atoms with Gasteiger partial charge in [0.15, 0.2) is 17.9 Å². The van der Waals surface area contributed by atoms with Crippen molar-refractivity contribution in [3.05, 3.63) is 17.9 Å². The van der Waals surface area contributed by atoms with Crippen LogP contribution in [-0.2, 0) is 0 Å². The average molecular weight is 262 g/mol. The van der Waals surface area contributed by atoms with Crippen LogP contribution in [-0.4, -0.2) is 43.4 Å². The lowest BCUT2D eigenvalue weighted by Crippen LogP contribution is -2.46. The van der Waals surface area contributed by atoms with E-state index < -0.39 is 0 Å². The second-order valence-corrected chi connectivity index (χ2v) is 5.61. The predicted octanol–water partition coefficient (Wildman–Crippen LogP) is 2.55. The van der Waals surface area contributed by atoms with E-state index in [1.54, 1.807) is 6.07 Å². The standard InChI is InChI=1S/C15H22N2O2/c18-12-14-4-5-15(19-14)17-10-6-13(7-11-17)16-8-2-1-3-9-16/h4-5,12-13H,1-3,6-11H2. The molecule has 2 fully saturated rings. The Morgan fingerprint density at radius 2 is 1.79 bits per heavy atom. The van der Waals surface area contributed by atoms with Gasteiger partial charge in [0.25, 0.3) is 0 Å². The van der Waals surface area contributed by atoms with Gasteiger partial charge in [-0.25, -0.2) is 0 Å². The number of hydrogen-bond acceptors (Lipinski definition) is 4. The maximum absolute atomic E-state index is 10.6. The van der Waals surface area contributed by atoms with Gasteiger partial charge in [0.1, 0.15) is 0 Å². The molecule has 0 radical (unpaired) electrons. The maximum atomic E-state index is 10.6. The third kappa shape index (κ3) is 2.84. The molecule has 2 aliphatic rings. The van der Waals surface area contributed by atoms with E-state index in [1.807, 2.05) is 6.07 Å². The SMILES string of the molecule is O=Cc1ccc(N2CCC(N3CCCCC3)CC2)o1. The Morgan fingerprint density at radius 1 is 1.05 bits per heavy atom. The Hall–Kier alpha value is -1.29. The minimum Gasteiger partial charge on any atom is -0.438 e. The third-order valence-corrected chi connectivity index (χ3v) is 4.41. The zero-order valence-electron chi connectivity index (χ0n) is 11.4. The Labute approximate surface area is 114 Å². The molecule has 0 unspecified atom stereocenters. The fourth-order valence-corrected chi connectivity index (χ4v) is 3.31. The quantitative estimate of drug-likeness (QED) is 0.784. The van der Waals surface area contributed by atoms with Crippen molar-refractivity contribution in [2.24, 2.45) is 0 Å². The Bertz CT molecular complexity index is 416. The molecule has 4 heteroatoms. The number of piperidine rings is 2. The highest BCUT2D eigenvalue weighted by Gasteiger charge is 2.26. The van der Waals surface area contributed by atoms with Gasteiger partial charge in [0, 0.05) is 25.2 Å². The van der Waals surface area contributed by atoms with Crippen LogP contribution in [0.2, 0.25) is 0 Å². The normalized spacial score (nSPS) is 22.6. The summed E-state index contributed by atoms with van der Waals surface area (Å²) in [7, 11) is 0. The van der Waals surface area contributed by atoms with Crippen LogP contribution < -0.4 is 4.90 Å². The summed E-state index contributed by atoms with van der Waals surface area (Å²) in [5.41, 5.74) is 0. The number of hydrogen-bond donors (Lipinski definition) is 0. The number of likely N-dealkylation sites (tertiary alicyclic amines) is 1. The topological polar surface area (TPSA) is 36.7 Å². The molecule has 0 aromatic carbocycles. The Morgan fingerprint density at radius 3 is 2.42 bits per heavy atom. The van der Waals surface area contributed by atoms with E-state index in [0.29, 0.717) is 5.76 Å². The van der Waals surface area contributed by atoms with Crippen LogP contribution in [0.4, 0.5) is 5.88 Å². The second-order valence-electron chi connectivity index (χ2n) is 5.61. The molecule has 0 aliphatic carbocycles. The van der Waals surface area contributed by atoms with Crippen LogP contribution in [0.25, 0.3) is 0 Å². The number of carbonyl (C=O) groups is 1. The first-order chi connectivity index (χ1) is 9.36. The average Bonchev–Trinajstić information content (AvgIpc) is 2.97. The summed E-state index contributed by atoms with van der Waals surface area (Å²) in [6.07, 6.45) is 7.30. The summed E-state index contributed by atoms with van der Waals surface area (Å²) in [6.45, 7) is 4.63. The van der Waals surface area contributed by atoms with E-state index in [-0.39, 0.29) is 0 Å². The van der Waals surface area contributed by atoms with Crippen molar-refractivity contribution >= 4 is 12.2 Å². The number of rotatable bonds is 3. The van der Waals surface area contributed by atoms with Crippen molar-refractivity contribution in [1.29, 1.82) is 0 Å². The monoisotopic (exact) mass is 262 g/mol. The van der Waals surface area contributed by atoms with Crippen molar-refractivity contribution in [2.45, 2.75) is 38.1 Å². The number of furan rings is 1. The Balaban J connectivity index is 1.55. The lowest BCUT2D eigenvalue weighted by molar-refractivity contribution is 0.110. The van der Waals surface area contributed by atoms with Gasteiger partial charge in [-0.2, -0.15) is 0 Å². The third-order valence-electron chi connectivity index (χ3n) is 4.41. The summed E-state index contributed by atoms with van der Waals surface area (Å²) in [4.78, 5) is 15.6. The van der Waals surface area contributed by atoms with E-state index in [0.717, 1.165) is 31.3 Å². The lowest BCUT2D eigenvalue weighted by Gasteiger charge is -2.40. The highest BCUT2D eigenvalue weighted by Crippen LogP contribution is 2.25. The highest BCUT2D eigenvalue weighted by molar-refractivity contribution is 5.71. The second kappa shape index (κ2) is 5.78. The zero-order valence-corrected chi connectivity index (χ0v) is 11.4. The van der Waals surface area contributed by atoms with Crippen LogP contribution in [0.3, 0.4) is 0 Å². The molecule has 0 bridgehead atoms. The molecule has 1 aromatic rings. The van der Waals surface area contributed by atoms with Crippen molar-refractivity contribution in [1.82, 2.24) is 4.90 Å². The number of anilines is 1. The summed E-state index contributed by atoms with van der Waals surface area (Å²) < 4.78 is 5.50. The molecule has 3 heterocycles.